The number of amides is 1. The van der Waals surface area contributed by atoms with Gasteiger partial charge in [0, 0.05) is 17.7 Å². The Hall–Kier alpha value is -3.27. The van der Waals surface area contributed by atoms with Gasteiger partial charge in [-0.05, 0) is 54.2 Å². The van der Waals surface area contributed by atoms with Crippen molar-refractivity contribution in [2.45, 2.75) is 32.2 Å². The zero-order valence-electron chi connectivity index (χ0n) is 16.7. The Kier molecular flexibility index (Phi) is 6.55. The van der Waals surface area contributed by atoms with Crippen LogP contribution in [-0.4, -0.2) is 17.6 Å². The van der Waals surface area contributed by atoms with Crippen LogP contribution in [0.2, 0.25) is 0 Å². The summed E-state index contributed by atoms with van der Waals surface area (Å²) in [4.78, 5) is 14.6. The van der Waals surface area contributed by atoms with Crippen molar-refractivity contribution in [2.75, 3.05) is 11.5 Å². The van der Waals surface area contributed by atoms with Gasteiger partial charge in [0.2, 0.25) is 5.91 Å². The predicted molar refractivity (Wildman–Crippen MR) is 118 cm³/mol. The molecule has 1 N–H and O–H groups in total. The third-order valence-electron chi connectivity index (χ3n) is 5.07. The van der Waals surface area contributed by atoms with Gasteiger partial charge in [-0.2, -0.15) is 0 Å². The third-order valence-corrected chi connectivity index (χ3v) is 5.07. The maximum absolute atomic E-state index is 12.8. The smallest absolute Gasteiger partial charge is 0.227 e. The summed E-state index contributed by atoms with van der Waals surface area (Å²) in [6.07, 6.45) is 7.39. The van der Waals surface area contributed by atoms with Gasteiger partial charge in [-0.3, -0.25) is 4.79 Å². The van der Waals surface area contributed by atoms with E-state index >= 15 is 0 Å². The first-order chi connectivity index (χ1) is 14.1. The van der Waals surface area contributed by atoms with E-state index in [1.165, 1.54) is 0 Å². The standard InChI is InChI=1S/C25H27NO3/c1-4-8-19-16-23-21(22(9-5-2)25(19)28)12-13-24(27)26(23)17-18-10-7-11-20(15-18)29-14-6-3/h4-7,10-11,15-16,28H,1-3,8-9,12-14,17H2. The van der Waals surface area contributed by atoms with Gasteiger partial charge in [-0.25, -0.2) is 0 Å². The maximum atomic E-state index is 12.8. The molecular weight excluding hydrogens is 362 g/mol. The molecule has 0 atom stereocenters. The molecule has 0 fully saturated rings. The number of phenolic OH excluding ortho intramolecular Hbond substituents is 1. The van der Waals surface area contributed by atoms with Gasteiger partial charge < -0.3 is 14.7 Å². The molecule has 0 saturated carbocycles. The number of allylic oxidation sites excluding steroid dienone is 2. The fourth-order valence-corrected chi connectivity index (χ4v) is 3.75. The van der Waals surface area contributed by atoms with Crippen molar-refractivity contribution in [1.82, 2.24) is 0 Å². The molecule has 0 aromatic heterocycles. The highest BCUT2D eigenvalue weighted by atomic mass is 16.5. The van der Waals surface area contributed by atoms with Crippen molar-refractivity contribution in [3.05, 3.63) is 90.6 Å². The number of ether oxygens (including phenoxy) is 1. The van der Waals surface area contributed by atoms with Crippen LogP contribution in [0.5, 0.6) is 11.5 Å². The second-order valence-electron chi connectivity index (χ2n) is 7.07. The number of hydrogen-bond acceptors (Lipinski definition) is 3. The second kappa shape index (κ2) is 9.28. The number of benzene rings is 2. The molecule has 0 spiro atoms. The average Bonchev–Trinajstić information content (AvgIpc) is 2.72. The van der Waals surface area contributed by atoms with Crippen LogP contribution in [0.15, 0.2) is 68.3 Å². The van der Waals surface area contributed by atoms with Gasteiger partial charge in [-0.15, -0.1) is 13.2 Å². The first kappa shape index (κ1) is 20.5. The molecule has 29 heavy (non-hydrogen) atoms. The Morgan fingerprint density at radius 1 is 1.07 bits per heavy atom. The largest absolute Gasteiger partial charge is 0.507 e. The second-order valence-corrected chi connectivity index (χ2v) is 7.07. The van der Waals surface area contributed by atoms with Crippen LogP contribution < -0.4 is 9.64 Å². The highest BCUT2D eigenvalue weighted by Gasteiger charge is 2.28. The van der Waals surface area contributed by atoms with E-state index in [1.54, 1.807) is 18.2 Å². The van der Waals surface area contributed by atoms with Crippen molar-refractivity contribution in [1.29, 1.82) is 0 Å². The van der Waals surface area contributed by atoms with Crippen molar-refractivity contribution in [3.63, 3.8) is 0 Å². The molecule has 1 amide bonds. The first-order valence-corrected chi connectivity index (χ1v) is 9.80. The topological polar surface area (TPSA) is 49.8 Å². The average molecular weight is 389 g/mol. The Labute approximate surface area is 172 Å². The number of carbonyl (C=O) groups excluding carboxylic acids is 1. The third kappa shape index (κ3) is 4.43. The summed E-state index contributed by atoms with van der Waals surface area (Å²) < 4.78 is 5.62. The summed E-state index contributed by atoms with van der Waals surface area (Å²) in [7, 11) is 0. The van der Waals surface area contributed by atoms with E-state index in [0.717, 1.165) is 33.7 Å². The first-order valence-electron chi connectivity index (χ1n) is 9.80. The number of hydrogen-bond donors (Lipinski definition) is 1. The molecular formula is C25H27NO3. The summed E-state index contributed by atoms with van der Waals surface area (Å²) in [6, 6.07) is 9.67. The van der Waals surface area contributed by atoms with Crippen molar-refractivity contribution in [3.8, 4) is 11.5 Å². The number of phenols is 1. The predicted octanol–water partition coefficient (Wildman–Crippen LogP) is 4.89. The molecule has 1 aliphatic heterocycles. The van der Waals surface area contributed by atoms with Crippen LogP contribution >= 0.6 is 0 Å². The van der Waals surface area contributed by atoms with Gasteiger partial charge in [0.1, 0.15) is 18.1 Å². The van der Waals surface area contributed by atoms with Gasteiger partial charge in [0.05, 0.1) is 6.54 Å². The fourth-order valence-electron chi connectivity index (χ4n) is 3.75. The van der Waals surface area contributed by atoms with Crippen LogP contribution in [0.1, 0.15) is 28.7 Å². The minimum atomic E-state index is 0.0784. The lowest BCUT2D eigenvalue weighted by molar-refractivity contribution is -0.119. The normalized spacial score (nSPS) is 13.0. The van der Waals surface area contributed by atoms with Crippen molar-refractivity contribution >= 4 is 11.6 Å². The number of aromatic hydroxyl groups is 1. The lowest BCUT2D eigenvalue weighted by atomic mass is 9.90. The van der Waals surface area contributed by atoms with Gasteiger partial charge >= 0.3 is 0 Å². The van der Waals surface area contributed by atoms with Gasteiger partial charge in [-0.1, -0.05) is 36.9 Å². The molecule has 2 aromatic rings. The van der Waals surface area contributed by atoms with E-state index in [0.29, 0.717) is 38.8 Å². The molecule has 0 bridgehead atoms. The van der Waals surface area contributed by atoms with E-state index in [2.05, 4.69) is 19.7 Å². The van der Waals surface area contributed by atoms with E-state index in [-0.39, 0.29) is 11.7 Å². The molecule has 150 valence electrons. The lowest BCUT2D eigenvalue weighted by Crippen LogP contribution is -2.35. The summed E-state index contributed by atoms with van der Waals surface area (Å²) in [5, 5.41) is 10.7. The molecule has 4 heteroatoms. The van der Waals surface area contributed by atoms with Gasteiger partial charge in [0.25, 0.3) is 0 Å². The van der Waals surface area contributed by atoms with Crippen LogP contribution in [0.4, 0.5) is 5.69 Å². The molecule has 0 aliphatic carbocycles. The SMILES string of the molecule is C=CCOc1cccc(CN2C(=O)CCc3c2cc(CC=C)c(O)c3CC=C)c1. The number of fused-ring (bicyclic) bond motifs is 1. The molecule has 0 unspecified atom stereocenters. The summed E-state index contributed by atoms with van der Waals surface area (Å²) >= 11 is 0. The van der Waals surface area contributed by atoms with Crippen molar-refractivity contribution in [2.24, 2.45) is 0 Å². The van der Waals surface area contributed by atoms with Crippen LogP contribution in [0.3, 0.4) is 0 Å². The van der Waals surface area contributed by atoms with E-state index in [1.807, 2.05) is 35.2 Å². The summed E-state index contributed by atoms with van der Waals surface area (Å²) in [5.74, 6) is 1.12. The minimum Gasteiger partial charge on any atom is -0.507 e. The lowest BCUT2D eigenvalue weighted by Gasteiger charge is -2.32. The molecule has 0 radical (unpaired) electrons. The Morgan fingerprint density at radius 2 is 1.86 bits per heavy atom. The molecule has 1 aliphatic rings. The molecule has 3 rings (SSSR count). The Bertz CT molecular complexity index is 945. The molecule has 4 nitrogen and oxygen atoms in total. The Balaban J connectivity index is 2.01. The highest BCUT2D eigenvalue weighted by Crippen LogP contribution is 2.39. The van der Waals surface area contributed by atoms with Crippen LogP contribution in [0.25, 0.3) is 0 Å². The zero-order valence-corrected chi connectivity index (χ0v) is 16.7. The van der Waals surface area contributed by atoms with Crippen molar-refractivity contribution < 1.29 is 14.6 Å². The number of anilines is 1. The molecule has 0 saturated heterocycles. The Morgan fingerprint density at radius 3 is 2.59 bits per heavy atom. The number of carbonyl (C=O) groups is 1. The quantitative estimate of drug-likeness (QED) is 0.621. The number of rotatable bonds is 9. The highest BCUT2D eigenvalue weighted by molar-refractivity contribution is 5.97. The molecule has 1 heterocycles. The van der Waals surface area contributed by atoms with Crippen LogP contribution in [-0.2, 0) is 30.6 Å². The van der Waals surface area contributed by atoms with E-state index in [9.17, 15) is 9.90 Å². The summed E-state index contributed by atoms with van der Waals surface area (Å²) in [5.41, 5.74) is 4.50. The molecule has 2 aromatic carbocycles. The zero-order chi connectivity index (χ0) is 20.8. The van der Waals surface area contributed by atoms with E-state index in [4.69, 9.17) is 4.74 Å². The monoisotopic (exact) mass is 389 g/mol. The van der Waals surface area contributed by atoms with E-state index < -0.39 is 0 Å². The maximum Gasteiger partial charge on any atom is 0.227 e. The summed E-state index contributed by atoms with van der Waals surface area (Å²) in [6.45, 7) is 12.2. The fraction of sp³-hybridized carbons (Fsp3) is 0.240. The minimum absolute atomic E-state index is 0.0784. The number of nitrogens with zero attached hydrogens (tertiary/aromatic N) is 1. The van der Waals surface area contributed by atoms with Gasteiger partial charge in [0.15, 0.2) is 0 Å². The van der Waals surface area contributed by atoms with Crippen LogP contribution in [0, 0.1) is 0 Å².